The van der Waals surface area contributed by atoms with Crippen LogP contribution in [0.5, 0.6) is 0 Å². The third-order valence-corrected chi connectivity index (χ3v) is 2.43. The molecule has 84 valence electrons. The number of allylic oxidation sites excluding steroid dienone is 1. The Morgan fingerprint density at radius 1 is 1.00 bits per heavy atom. The van der Waals surface area contributed by atoms with Gasteiger partial charge in [0.2, 0.25) is 0 Å². The lowest BCUT2D eigenvalue weighted by atomic mass is 10.0. The lowest BCUT2D eigenvalue weighted by Gasteiger charge is -2.01. The molecule has 0 unspecified atom stereocenters. The summed E-state index contributed by atoms with van der Waals surface area (Å²) in [6, 6.07) is 18.0. The first-order valence-electron chi connectivity index (χ1n) is 6.01. The summed E-state index contributed by atoms with van der Waals surface area (Å²) in [6.45, 7) is 1.45. The predicted octanol–water partition coefficient (Wildman–Crippen LogP) is 3.96. The Kier molecular flexibility index (Phi) is 3.10. The Bertz CT molecular complexity index is 568. The van der Waals surface area contributed by atoms with E-state index in [1.54, 1.807) is 0 Å². The zero-order chi connectivity index (χ0) is 13.0. The van der Waals surface area contributed by atoms with E-state index in [1.165, 1.54) is 13.0 Å². The van der Waals surface area contributed by atoms with Crippen molar-refractivity contribution in [2.24, 2.45) is 0 Å². The summed E-state index contributed by atoms with van der Waals surface area (Å²) in [5, 5.41) is 0. The van der Waals surface area contributed by atoms with E-state index < -0.39 is 0 Å². The van der Waals surface area contributed by atoms with Gasteiger partial charge in [0.25, 0.3) is 0 Å². The van der Waals surface area contributed by atoms with Gasteiger partial charge < -0.3 is 0 Å². The highest BCUT2D eigenvalue weighted by Gasteiger charge is 1.95. The quantitative estimate of drug-likeness (QED) is 0.720. The number of rotatable bonds is 3. The number of ketones is 1. The highest BCUT2D eigenvalue weighted by Crippen LogP contribution is 2.19. The molecule has 0 amide bonds. The van der Waals surface area contributed by atoms with Gasteiger partial charge in [0.1, 0.15) is 0 Å². The molecule has 0 saturated carbocycles. The Morgan fingerprint density at radius 3 is 2.18 bits per heavy atom. The molecule has 2 aromatic carbocycles. The summed E-state index contributed by atoms with van der Waals surface area (Å²) in [4.78, 5) is 10.9. The standard InChI is InChI=1S/C16H14O/c1-13(17)7-8-14-9-11-16(12-10-14)15-5-3-2-4-6-15/h2-12H,1H3/b8-7+/i8D. The third-order valence-electron chi connectivity index (χ3n) is 2.43. The number of hydrogen-bond acceptors (Lipinski definition) is 1. The normalized spacial score (nSPS) is 12.1. The number of carbonyl (C=O) groups is 1. The average Bonchev–Trinajstić information content (AvgIpc) is 2.39. The Hall–Kier alpha value is -2.15. The van der Waals surface area contributed by atoms with Gasteiger partial charge in [0, 0.05) is 0 Å². The van der Waals surface area contributed by atoms with Gasteiger partial charge in [0.05, 0.1) is 1.37 Å². The maximum absolute atomic E-state index is 10.9. The van der Waals surface area contributed by atoms with Crippen LogP contribution in [0.1, 0.15) is 13.9 Å². The number of carbonyl (C=O) groups excluding carboxylic acids is 1. The molecule has 0 aliphatic carbocycles. The molecule has 0 saturated heterocycles. The number of benzene rings is 2. The van der Waals surface area contributed by atoms with Gasteiger partial charge >= 0.3 is 0 Å². The summed E-state index contributed by atoms with van der Waals surface area (Å²) >= 11 is 0. The zero-order valence-electron chi connectivity index (χ0n) is 10.7. The minimum Gasteiger partial charge on any atom is -0.295 e. The molecule has 0 atom stereocenters. The SMILES string of the molecule is [2H]/C(=C\C(C)=O)c1ccc(-c2ccccc2)cc1. The van der Waals surface area contributed by atoms with Crippen LogP contribution in [0.2, 0.25) is 0 Å². The molecule has 0 fully saturated rings. The van der Waals surface area contributed by atoms with Crippen LogP contribution >= 0.6 is 0 Å². The molecular weight excluding hydrogens is 208 g/mol. The fourth-order valence-corrected chi connectivity index (χ4v) is 1.57. The molecule has 0 heterocycles. The van der Waals surface area contributed by atoms with E-state index in [0.29, 0.717) is 0 Å². The lowest BCUT2D eigenvalue weighted by molar-refractivity contribution is -0.112. The summed E-state index contributed by atoms with van der Waals surface area (Å²) in [5.74, 6) is -0.105. The van der Waals surface area contributed by atoms with Crippen LogP contribution in [0.4, 0.5) is 0 Å². The predicted molar refractivity (Wildman–Crippen MR) is 71.6 cm³/mol. The molecule has 1 heteroatoms. The van der Waals surface area contributed by atoms with Crippen molar-refractivity contribution in [3.8, 4) is 11.1 Å². The largest absolute Gasteiger partial charge is 0.295 e. The minimum atomic E-state index is -0.105. The summed E-state index contributed by atoms with van der Waals surface area (Å²) < 4.78 is 7.76. The van der Waals surface area contributed by atoms with E-state index in [2.05, 4.69) is 0 Å². The molecule has 1 nitrogen and oxygen atoms in total. The van der Waals surface area contributed by atoms with Gasteiger partial charge in [-0.2, -0.15) is 0 Å². The third kappa shape index (κ3) is 3.15. The van der Waals surface area contributed by atoms with Crippen LogP contribution < -0.4 is 0 Å². The van der Waals surface area contributed by atoms with Crippen molar-refractivity contribution in [3.63, 3.8) is 0 Å². The molecular formula is C16H14O. The molecule has 2 rings (SSSR count). The second-order valence-electron chi connectivity index (χ2n) is 3.84. The highest BCUT2D eigenvalue weighted by atomic mass is 16.1. The second-order valence-corrected chi connectivity index (χ2v) is 3.84. The average molecular weight is 223 g/mol. The van der Waals surface area contributed by atoms with Gasteiger partial charge in [-0.15, -0.1) is 0 Å². The first-order chi connectivity index (χ1) is 8.66. The van der Waals surface area contributed by atoms with Crippen molar-refractivity contribution >= 4 is 11.8 Å². The monoisotopic (exact) mass is 223 g/mol. The first-order valence-corrected chi connectivity index (χ1v) is 5.51. The topological polar surface area (TPSA) is 17.1 Å². The molecule has 2 aromatic rings. The first kappa shape index (κ1) is 10.0. The van der Waals surface area contributed by atoms with Gasteiger partial charge in [-0.05, 0) is 29.7 Å². The van der Waals surface area contributed by atoms with Gasteiger partial charge in [-0.1, -0.05) is 60.6 Å². The molecule has 0 aromatic heterocycles. The summed E-state index contributed by atoms with van der Waals surface area (Å²) in [7, 11) is 0. The van der Waals surface area contributed by atoms with Gasteiger partial charge in [-0.25, -0.2) is 0 Å². The maximum Gasteiger partial charge on any atom is 0.152 e. The van der Waals surface area contributed by atoms with Crippen LogP contribution in [0.25, 0.3) is 17.2 Å². The van der Waals surface area contributed by atoms with Crippen LogP contribution in [-0.2, 0) is 4.79 Å². The summed E-state index contributed by atoms with van der Waals surface area (Å²) in [5.41, 5.74) is 3.01. The maximum atomic E-state index is 10.9. The van der Waals surface area contributed by atoms with Gasteiger partial charge in [0.15, 0.2) is 5.78 Å². The number of hydrogen-bond donors (Lipinski definition) is 0. The molecule has 0 aliphatic heterocycles. The molecule has 0 aliphatic rings. The Balaban J connectivity index is 2.29. The molecule has 0 bridgehead atoms. The van der Waals surface area contributed by atoms with Crippen LogP contribution in [0.3, 0.4) is 0 Å². The minimum absolute atomic E-state index is 0.105. The van der Waals surface area contributed by atoms with Crippen molar-refractivity contribution in [2.75, 3.05) is 0 Å². The molecule has 0 radical (unpaired) electrons. The van der Waals surface area contributed by atoms with Gasteiger partial charge in [-0.3, -0.25) is 4.79 Å². The van der Waals surface area contributed by atoms with E-state index in [1.807, 2.05) is 54.6 Å². The van der Waals surface area contributed by atoms with Crippen molar-refractivity contribution in [1.82, 2.24) is 0 Å². The second kappa shape index (κ2) is 5.26. The van der Waals surface area contributed by atoms with Crippen molar-refractivity contribution in [1.29, 1.82) is 0 Å². The van der Waals surface area contributed by atoms with E-state index in [-0.39, 0.29) is 11.8 Å². The Morgan fingerprint density at radius 2 is 1.59 bits per heavy atom. The smallest absolute Gasteiger partial charge is 0.152 e. The lowest BCUT2D eigenvalue weighted by Crippen LogP contribution is -1.81. The molecule has 0 N–H and O–H groups in total. The van der Waals surface area contributed by atoms with E-state index in [4.69, 9.17) is 1.37 Å². The highest BCUT2D eigenvalue weighted by molar-refractivity contribution is 5.91. The van der Waals surface area contributed by atoms with Crippen molar-refractivity contribution in [2.45, 2.75) is 6.92 Å². The van der Waals surface area contributed by atoms with Crippen molar-refractivity contribution in [3.05, 3.63) is 66.2 Å². The Labute approximate surface area is 103 Å². The van der Waals surface area contributed by atoms with Crippen LogP contribution in [0.15, 0.2) is 60.7 Å². The van der Waals surface area contributed by atoms with E-state index >= 15 is 0 Å². The van der Waals surface area contributed by atoms with E-state index in [9.17, 15) is 4.79 Å². The van der Waals surface area contributed by atoms with Crippen molar-refractivity contribution < 1.29 is 6.17 Å². The summed E-state index contributed by atoms with van der Waals surface area (Å²) in [6.07, 6.45) is 1.33. The van der Waals surface area contributed by atoms with Crippen LogP contribution in [-0.4, -0.2) is 5.78 Å². The van der Waals surface area contributed by atoms with E-state index in [0.717, 1.165) is 16.7 Å². The fraction of sp³-hybridized carbons (Fsp3) is 0.0625. The zero-order valence-corrected chi connectivity index (χ0v) is 9.68. The molecule has 0 spiro atoms. The van der Waals surface area contributed by atoms with Crippen LogP contribution in [0, 0.1) is 0 Å². The molecule has 17 heavy (non-hydrogen) atoms. The fourth-order valence-electron chi connectivity index (χ4n) is 1.57.